The van der Waals surface area contributed by atoms with Gasteiger partial charge in [0.05, 0.1) is 5.56 Å². The number of nitrogens with one attached hydrogen (secondary N) is 1. The summed E-state index contributed by atoms with van der Waals surface area (Å²) >= 11 is 0. The molecule has 6 nitrogen and oxygen atoms in total. The van der Waals surface area contributed by atoms with Gasteiger partial charge < -0.3 is 16.2 Å². The van der Waals surface area contributed by atoms with Crippen molar-refractivity contribution in [3.8, 4) is 0 Å². The number of nitrogen functional groups attached to an aromatic ring is 1. The Morgan fingerprint density at radius 2 is 2.05 bits per heavy atom. The predicted octanol–water partition coefficient (Wildman–Crippen LogP) is 1.07. The highest BCUT2D eigenvalue weighted by atomic mass is 16.4. The first-order valence-electron chi connectivity index (χ1n) is 7.07. The van der Waals surface area contributed by atoms with Crippen LogP contribution in [0, 0.1) is 0 Å². The monoisotopic (exact) mass is 291 g/mol. The number of carboxylic acids is 1. The van der Waals surface area contributed by atoms with Gasteiger partial charge in [0.2, 0.25) is 5.91 Å². The maximum absolute atomic E-state index is 11.3. The number of rotatable bonds is 4. The number of nitrogens with two attached hydrogens (primary N) is 1. The molecule has 1 aromatic rings. The lowest BCUT2D eigenvalue weighted by atomic mass is 10.0. The topological polar surface area (TPSA) is 95.7 Å². The third-order valence-electron chi connectivity index (χ3n) is 3.79. The van der Waals surface area contributed by atoms with E-state index in [9.17, 15) is 14.7 Å². The third-order valence-corrected chi connectivity index (χ3v) is 3.79. The minimum absolute atomic E-state index is 0.00236. The summed E-state index contributed by atoms with van der Waals surface area (Å²) < 4.78 is 0. The number of nitrogens with zero attached hydrogens (tertiary/aromatic N) is 1. The number of carbonyl (C=O) groups excluding carboxylic acids is 1. The van der Waals surface area contributed by atoms with E-state index >= 15 is 0 Å². The molecule has 0 radical (unpaired) electrons. The maximum atomic E-state index is 11.3. The first-order chi connectivity index (χ1) is 9.97. The predicted molar refractivity (Wildman–Crippen MR) is 79.9 cm³/mol. The number of amides is 1. The fourth-order valence-corrected chi connectivity index (χ4v) is 2.78. The number of carbonyl (C=O) groups is 2. The molecule has 0 atom stereocenters. The fraction of sp³-hybridized carbons (Fsp3) is 0.467. The van der Waals surface area contributed by atoms with Gasteiger partial charge in [-0.3, -0.25) is 9.69 Å². The lowest BCUT2D eigenvalue weighted by Crippen LogP contribution is -2.43. The summed E-state index contributed by atoms with van der Waals surface area (Å²) in [6.07, 6.45) is 1.76. The molecule has 0 spiro atoms. The van der Waals surface area contributed by atoms with Crippen LogP contribution >= 0.6 is 0 Å². The van der Waals surface area contributed by atoms with E-state index < -0.39 is 5.97 Å². The van der Waals surface area contributed by atoms with Gasteiger partial charge in [-0.05, 0) is 24.5 Å². The number of hydrogen-bond acceptors (Lipinski definition) is 4. The highest BCUT2D eigenvalue weighted by Crippen LogP contribution is 2.21. The number of likely N-dealkylation sites (tertiary alicyclic amines) is 1. The number of anilines is 1. The summed E-state index contributed by atoms with van der Waals surface area (Å²) in [6, 6.07) is 5.41. The Balaban J connectivity index is 1.99. The highest BCUT2D eigenvalue weighted by molar-refractivity contribution is 5.95. The SMILES string of the molecule is CC(=O)NC1CCN(Cc2cccc(N)c2C(=O)O)CC1. The van der Waals surface area contributed by atoms with Crippen molar-refractivity contribution in [3.63, 3.8) is 0 Å². The summed E-state index contributed by atoms with van der Waals surface area (Å²) in [5.74, 6) is -0.992. The van der Waals surface area contributed by atoms with E-state index in [-0.39, 0.29) is 17.5 Å². The quantitative estimate of drug-likeness (QED) is 0.721. The number of piperidine rings is 1. The average molecular weight is 291 g/mol. The second-order valence-corrected chi connectivity index (χ2v) is 5.44. The molecule has 0 aliphatic carbocycles. The van der Waals surface area contributed by atoms with Crippen LogP contribution in [0.4, 0.5) is 5.69 Å². The van der Waals surface area contributed by atoms with Crippen LogP contribution in [0.25, 0.3) is 0 Å². The van der Waals surface area contributed by atoms with E-state index in [4.69, 9.17) is 5.73 Å². The average Bonchev–Trinajstić information content (AvgIpc) is 2.40. The maximum Gasteiger partial charge on any atom is 0.338 e. The zero-order chi connectivity index (χ0) is 15.4. The van der Waals surface area contributed by atoms with Gasteiger partial charge in [0, 0.05) is 38.3 Å². The minimum atomic E-state index is -0.990. The Labute approximate surface area is 123 Å². The lowest BCUT2D eigenvalue weighted by Gasteiger charge is -2.32. The number of hydrogen-bond donors (Lipinski definition) is 3. The molecule has 1 aliphatic rings. The van der Waals surface area contributed by atoms with Crippen LogP contribution in [0.15, 0.2) is 18.2 Å². The highest BCUT2D eigenvalue weighted by Gasteiger charge is 2.22. The van der Waals surface area contributed by atoms with Crippen molar-refractivity contribution >= 4 is 17.6 Å². The van der Waals surface area contributed by atoms with E-state index in [1.165, 1.54) is 6.92 Å². The van der Waals surface area contributed by atoms with Gasteiger partial charge in [0.1, 0.15) is 0 Å². The van der Waals surface area contributed by atoms with Crippen molar-refractivity contribution in [2.24, 2.45) is 0 Å². The molecule has 114 valence electrons. The first kappa shape index (κ1) is 15.3. The Morgan fingerprint density at radius 3 is 2.62 bits per heavy atom. The molecule has 4 N–H and O–H groups in total. The number of benzene rings is 1. The van der Waals surface area contributed by atoms with E-state index in [2.05, 4.69) is 10.2 Å². The molecule has 0 bridgehead atoms. The molecule has 1 amide bonds. The molecule has 1 saturated heterocycles. The van der Waals surface area contributed by atoms with Crippen LogP contribution in [-0.2, 0) is 11.3 Å². The van der Waals surface area contributed by atoms with Crippen LogP contribution in [0.5, 0.6) is 0 Å². The Kier molecular flexibility index (Phi) is 4.80. The summed E-state index contributed by atoms with van der Waals surface area (Å²) in [4.78, 5) is 24.5. The summed E-state index contributed by atoms with van der Waals surface area (Å²) in [6.45, 7) is 3.76. The Hall–Kier alpha value is -2.08. The molecule has 0 aromatic heterocycles. The van der Waals surface area contributed by atoms with Crippen LogP contribution in [0.3, 0.4) is 0 Å². The van der Waals surface area contributed by atoms with E-state index in [0.29, 0.717) is 12.2 Å². The van der Waals surface area contributed by atoms with Crippen molar-refractivity contribution in [1.29, 1.82) is 0 Å². The largest absolute Gasteiger partial charge is 0.478 e. The van der Waals surface area contributed by atoms with Gasteiger partial charge in [-0.15, -0.1) is 0 Å². The zero-order valence-electron chi connectivity index (χ0n) is 12.1. The van der Waals surface area contributed by atoms with Crippen LogP contribution in [0.2, 0.25) is 0 Å². The molecular weight excluding hydrogens is 270 g/mol. The summed E-state index contributed by atoms with van der Waals surface area (Å²) in [7, 11) is 0. The van der Waals surface area contributed by atoms with Crippen molar-refractivity contribution in [1.82, 2.24) is 10.2 Å². The van der Waals surface area contributed by atoms with Crippen molar-refractivity contribution in [2.75, 3.05) is 18.8 Å². The van der Waals surface area contributed by atoms with Gasteiger partial charge >= 0.3 is 5.97 Å². The molecule has 0 unspecified atom stereocenters. The van der Waals surface area contributed by atoms with Crippen molar-refractivity contribution < 1.29 is 14.7 Å². The number of carboxylic acid groups (broad SMARTS) is 1. The van der Waals surface area contributed by atoms with Gasteiger partial charge in [0.25, 0.3) is 0 Å². The normalized spacial score (nSPS) is 16.6. The minimum Gasteiger partial charge on any atom is -0.478 e. The molecule has 2 rings (SSSR count). The summed E-state index contributed by atoms with van der Waals surface area (Å²) in [5.41, 5.74) is 6.99. The van der Waals surface area contributed by atoms with Crippen molar-refractivity contribution in [3.05, 3.63) is 29.3 Å². The van der Waals surface area contributed by atoms with E-state index in [0.717, 1.165) is 31.5 Å². The van der Waals surface area contributed by atoms with Gasteiger partial charge in [-0.2, -0.15) is 0 Å². The Morgan fingerprint density at radius 1 is 1.38 bits per heavy atom. The van der Waals surface area contributed by atoms with Gasteiger partial charge in [-0.25, -0.2) is 4.79 Å². The first-order valence-corrected chi connectivity index (χ1v) is 7.07. The molecule has 0 saturated carbocycles. The van der Waals surface area contributed by atoms with Gasteiger partial charge in [0.15, 0.2) is 0 Å². The van der Waals surface area contributed by atoms with Crippen molar-refractivity contribution in [2.45, 2.75) is 32.4 Å². The van der Waals surface area contributed by atoms with E-state index in [1.54, 1.807) is 18.2 Å². The van der Waals surface area contributed by atoms with E-state index in [1.807, 2.05) is 0 Å². The third kappa shape index (κ3) is 3.95. The standard InChI is InChI=1S/C15H21N3O3/c1-10(19)17-12-5-7-18(8-6-12)9-11-3-2-4-13(16)14(11)15(20)21/h2-4,12H,5-9,16H2,1H3,(H,17,19)(H,20,21). The van der Waals surface area contributed by atoms with Crippen LogP contribution in [-0.4, -0.2) is 41.0 Å². The van der Waals surface area contributed by atoms with Gasteiger partial charge in [-0.1, -0.05) is 12.1 Å². The number of aromatic carboxylic acids is 1. The molecule has 6 heteroatoms. The molecular formula is C15H21N3O3. The lowest BCUT2D eigenvalue weighted by molar-refractivity contribution is -0.120. The Bertz CT molecular complexity index is 537. The molecule has 1 aliphatic heterocycles. The second-order valence-electron chi connectivity index (χ2n) is 5.44. The van der Waals surface area contributed by atoms with Crippen LogP contribution < -0.4 is 11.1 Å². The molecule has 1 fully saturated rings. The molecule has 1 heterocycles. The van der Waals surface area contributed by atoms with Crippen LogP contribution in [0.1, 0.15) is 35.7 Å². The molecule has 1 aromatic carbocycles. The molecule has 21 heavy (non-hydrogen) atoms. The summed E-state index contributed by atoms with van der Waals surface area (Å²) in [5, 5.41) is 12.2. The fourth-order valence-electron chi connectivity index (χ4n) is 2.78. The zero-order valence-corrected chi connectivity index (χ0v) is 12.1. The second kappa shape index (κ2) is 6.58. The smallest absolute Gasteiger partial charge is 0.338 e.